The fourth-order valence-electron chi connectivity index (χ4n) is 2.11. The van der Waals surface area contributed by atoms with Gasteiger partial charge in [0.2, 0.25) is 21.8 Å². The number of nitrogens with one attached hydrogen (secondary N) is 1. The van der Waals surface area contributed by atoms with Crippen molar-refractivity contribution in [1.29, 1.82) is 0 Å². The van der Waals surface area contributed by atoms with Crippen molar-refractivity contribution in [3.8, 4) is 0 Å². The highest BCUT2D eigenvalue weighted by Crippen LogP contribution is 2.21. The monoisotopic (exact) mass is 297 g/mol. The Bertz CT molecular complexity index is 615. The van der Waals surface area contributed by atoms with Crippen molar-refractivity contribution < 1.29 is 18.0 Å². The maximum atomic E-state index is 12.0. The van der Waals surface area contributed by atoms with Crippen molar-refractivity contribution in [1.82, 2.24) is 14.6 Å². The lowest BCUT2D eigenvalue weighted by Crippen LogP contribution is -2.46. The minimum absolute atomic E-state index is 0.0642. The van der Waals surface area contributed by atoms with Gasteiger partial charge >= 0.3 is 0 Å². The molecule has 8 heteroatoms. The van der Waals surface area contributed by atoms with Crippen molar-refractivity contribution in [2.24, 2.45) is 0 Å². The fourth-order valence-corrected chi connectivity index (χ4v) is 3.24. The van der Waals surface area contributed by atoms with E-state index in [9.17, 15) is 18.0 Å². The smallest absolute Gasteiger partial charge is 0.244 e. The molecule has 1 aliphatic heterocycles. The minimum Gasteiger partial charge on any atom is -0.349 e. The Balaban J connectivity index is 2.04. The van der Waals surface area contributed by atoms with Crippen LogP contribution in [0.25, 0.3) is 0 Å². The van der Waals surface area contributed by atoms with E-state index >= 15 is 0 Å². The van der Waals surface area contributed by atoms with E-state index in [1.165, 1.54) is 0 Å². The van der Waals surface area contributed by atoms with Gasteiger partial charge in [0.15, 0.2) is 0 Å². The molecule has 1 aliphatic rings. The van der Waals surface area contributed by atoms with Crippen molar-refractivity contribution in [3.05, 3.63) is 30.1 Å². The number of pyridine rings is 1. The zero-order valence-electron chi connectivity index (χ0n) is 10.9. The van der Waals surface area contributed by atoms with Crippen LogP contribution < -0.4 is 5.32 Å². The summed E-state index contributed by atoms with van der Waals surface area (Å²) in [5, 5.41) is 2.60. The highest BCUT2D eigenvalue weighted by Gasteiger charge is 2.41. The standard InChI is InChI=1S/C12H15N3O4S/c1-20(18,19)15-10(5-6-11(15)16)12(17)14-8-9-4-2-3-7-13-9/h2-4,7,10H,5-6,8H2,1H3,(H,14,17). The molecule has 7 nitrogen and oxygen atoms in total. The van der Waals surface area contributed by atoms with Crippen LogP contribution in [0.15, 0.2) is 24.4 Å². The third-order valence-corrected chi connectivity index (χ3v) is 4.16. The van der Waals surface area contributed by atoms with Gasteiger partial charge < -0.3 is 5.32 Å². The van der Waals surface area contributed by atoms with Crippen LogP contribution in [0, 0.1) is 0 Å². The molecule has 1 N–H and O–H groups in total. The third-order valence-electron chi connectivity index (χ3n) is 2.99. The van der Waals surface area contributed by atoms with Gasteiger partial charge in [0.05, 0.1) is 18.5 Å². The number of aromatic nitrogens is 1. The summed E-state index contributed by atoms with van der Waals surface area (Å²) in [6, 6.07) is 4.33. The van der Waals surface area contributed by atoms with E-state index in [0.717, 1.165) is 6.26 Å². The van der Waals surface area contributed by atoms with E-state index in [-0.39, 0.29) is 19.4 Å². The first-order valence-corrected chi connectivity index (χ1v) is 7.94. The van der Waals surface area contributed by atoms with Crippen molar-refractivity contribution in [3.63, 3.8) is 0 Å². The molecule has 1 atom stereocenters. The Morgan fingerprint density at radius 1 is 1.50 bits per heavy atom. The lowest BCUT2D eigenvalue weighted by Gasteiger charge is -2.21. The van der Waals surface area contributed by atoms with Gasteiger partial charge in [-0.3, -0.25) is 14.6 Å². The SMILES string of the molecule is CS(=O)(=O)N1C(=O)CCC1C(=O)NCc1ccccn1. The van der Waals surface area contributed by atoms with E-state index in [2.05, 4.69) is 10.3 Å². The summed E-state index contributed by atoms with van der Waals surface area (Å²) in [5.74, 6) is -1.02. The molecular weight excluding hydrogens is 282 g/mol. The van der Waals surface area contributed by atoms with Gasteiger partial charge in [0.1, 0.15) is 6.04 Å². The molecule has 1 unspecified atom stereocenters. The Hall–Kier alpha value is -1.96. The Morgan fingerprint density at radius 3 is 2.85 bits per heavy atom. The van der Waals surface area contributed by atoms with Crippen LogP contribution >= 0.6 is 0 Å². The second-order valence-corrected chi connectivity index (χ2v) is 6.41. The molecule has 1 aromatic rings. The number of sulfonamides is 1. The summed E-state index contributed by atoms with van der Waals surface area (Å²) in [5.41, 5.74) is 0.663. The zero-order valence-corrected chi connectivity index (χ0v) is 11.8. The predicted octanol–water partition coefficient (Wildman–Crippen LogP) is -0.352. The fraction of sp³-hybridized carbons (Fsp3) is 0.417. The first-order chi connectivity index (χ1) is 9.39. The van der Waals surface area contributed by atoms with E-state index in [4.69, 9.17) is 0 Å². The summed E-state index contributed by atoms with van der Waals surface area (Å²) in [7, 11) is -3.72. The van der Waals surface area contributed by atoms with Crippen LogP contribution in [-0.2, 0) is 26.2 Å². The van der Waals surface area contributed by atoms with E-state index in [0.29, 0.717) is 10.00 Å². The molecule has 2 rings (SSSR count). The molecule has 1 saturated heterocycles. The lowest BCUT2D eigenvalue weighted by atomic mass is 10.2. The maximum absolute atomic E-state index is 12.0. The zero-order chi connectivity index (χ0) is 14.8. The van der Waals surface area contributed by atoms with Crippen molar-refractivity contribution in [2.75, 3.05) is 6.26 Å². The normalized spacial score (nSPS) is 19.1. The van der Waals surface area contributed by atoms with Gasteiger partial charge in [0, 0.05) is 12.6 Å². The second-order valence-electron chi connectivity index (χ2n) is 4.55. The molecule has 20 heavy (non-hydrogen) atoms. The highest BCUT2D eigenvalue weighted by atomic mass is 32.2. The topological polar surface area (TPSA) is 96.4 Å². The highest BCUT2D eigenvalue weighted by molar-refractivity contribution is 7.89. The van der Waals surface area contributed by atoms with Crippen molar-refractivity contribution >= 4 is 21.8 Å². The summed E-state index contributed by atoms with van der Waals surface area (Å²) in [6.45, 7) is 0.196. The average molecular weight is 297 g/mol. The Kier molecular flexibility index (Phi) is 4.03. The van der Waals surface area contributed by atoms with Crippen molar-refractivity contribution in [2.45, 2.75) is 25.4 Å². The van der Waals surface area contributed by atoms with E-state index in [1.807, 2.05) is 0 Å². The van der Waals surface area contributed by atoms with Gasteiger partial charge in [-0.05, 0) is 18.6 Å². The number of nitrogens with zero attached hydrogens (tertiary/aromatic N) is 2. The molecule has 0 saturated carbocycles. The second kappa shape index (κ2) is 5.58. The number of hydrogen-bond acceptors (Lipinski definition) is 5. The number of hydrogen-bond donors (Lipinski definition) is 1. The molecule has 0 aromatic carbocycles. The molecule has 1 fully saturated rings. The molecule has 0 radical (unpaired) electrons. The lowest BCUT2D eigenvalue weighted by molar-refractivity contribution is -0.130. The third kappa shape index (κ3) is 3.13. The first-order valence-electron chi connectivity index (χ1n) is 6.09. The molecule has 0 aliphatic carbocycles. The molecule has 2 heterocycles. The molecule has 0 spiro atoms. The van der Waals surface area contributed by atoms with Crippen LogP contribution in [0.3, 0.4) is 0 Å². The minimum atomic E-state index is -3.72. The summed E-state index contributed by atoms with van der Waals surface area (Å²) in [6.07, 6.45) is 2.80. The largest absolute Gasteiger partial charge is 0.349 e. The summed E-state index contributed by atoms with van der Waals surface area (Å²) < 4.78 is 23.8. The van der Waals surface area contributed by atoms with Crippen LogP contribution in [0.4, 0.5) is 0 Å². The summed E-state index contributed by atoms with van der Waals surface area (Å²) in [4.78, 5) is 27.6. The van der Waals surface area contributed by atoms with Gasteiger partial charge in [-0.2, -0.15) is 0 Å². The quantitative estimate of drug-likeness (QED) is 0.819. The predicted molar refractivity (Wildman–Crippen MR) is 70.8 cm³/mol. The number of amides is 2. The first kappa shape index (κ1) is 14.4. The Labute approximate surface area is 117 Å². The number of rotatable bonds is 4. The maximum Gasteiger partial charge on any atom is 0.244 e. The van der Waals surface area contributed by atoms with E-state index in [1.54, 1.807) is 24.4 Å². The molecule has 0 bridgehead atoms. The Morgan fingerprint density at radius 2 is 2.25 bits per heavy atom. The van der Waals surface area contributed by atoms with Crippen LogP contribution in [0.2, 0.25) is 0 Å². The molecule has 1 aromatic heterocycles. The van der Waals surface area contributed by atoms with E-state index < -0.39 is 27.9 Å². The van der Waals surface area contributed by atoms with Gasteiger partial charge in [0.25, 0.3) is 0 Å². The summed E-state index contributed by atoms with van der Waals surface area (Å²) >= 11 is 0. The van der Waals surface area contributed by atoms with Crippen LogP contribution in [-0.4, -0.2) is 41.8 Å². The number of carbonyl (C=O) groups excluding carboxylic acids is 2. The van der Waals surface area contributed by atoms with Gasteiger partial charge in [-0.1, -0.05) is 6.07 Å². The molecular formula is C12H15N3O4S. The van der Waals surface area contributed by atoms with Crippen LogP contribution in [0.1, 0.15) is 18.5 Å². The van der Waals surface area contributed by atoms with Gasteiger partial charge in [-0.25, -0.2) is 12.7 Å². The molecule has 108 valence electrons. The average Bonchev–Trinajstić information content (AvgIpc) is 2.79. The van der Waals surface area contributed by atoms with Gasteiger partial charge in [-0.15, -0.1) is 0 Å². The number of carbonyl (C=O) groups is 2. The molecule has 2 amide bonds. The van der Waals surface area contributed by atoms with Crippen LogP contribution in [0.5, 0.6) is 0 Å².